The Labute approximate surface area is 133 Å². The van der Waals surface area contributed by atoms with E-state index in [4.69, 9.17) is 0 Å². The van der Waals surface area contributed by atoms with Gasteiger partial charge in [-0.05, 0) is 13.3 Å². The Morgan fingerprint density at radius 1 is 1.32 bits per heavy atom. The first-order chi connectivity index (χ1) is 8.76. The monoisotopic (exact) mass is 379 g/mol. The molecule has 0 aliphatic rings. The lowest BCUT2D eigenvalue weighted by atomic mass is 10.2. The van der Waals surface area contributed by atoms with Crippen molar-refractivity contribution in [2.45, 2.75) is 39.7 Å². The maximum absolute atomic E-state index is 4.54. The van der Waals surface area contributed by atoms with E-state index in [0.717, 1.165) is 24.6 Å². The molecule has 1 rings (SSSR count). The van der Waals surface area contributed by atoms with Crippen molar-refractivity contribution < 1.29 is 0 Å². The summed E-state index contributed by atoms with van der Waals surface area (Å²) < 4.78 is 1.80. The Kier molecular flexibility index (Phi) is 10.6. The summed E-state index contributed by atoms with van der Waals surface area (Å²) in [6.45, 7) is 6.81. The van der Waals surface area contributed by atoms with Crippen molar-refractivity contribution in [1.82, 2.24) is 20.4 Å². The zero-order valence-corrected chi connectivity index (χ0v) is 14.5. The van der Waals surface area contributed by atoms with E-state index in [-0.39, 0.29) is 24.0 Å². The van der Waals surface area contributed by atoms with Gasteiger partial charge >= 0.3 is 0 Å². The van der Waals surface area contributed by atoms with Gasteiger partial charge in [0, 0.05) is 31.9 Å². The smallest absolute Gasteiger partial charge is 0.191 e. The van der Waals surface area contributed by atoms with Gasteiger partial charge in [-0.2, -0.15) is 5.10 Å². The van der Waals surface area contributed by atoms with Crippen molar-refractivity contribution in [3.8, 4) is 0 Å². The lowest BCUT2D eigenvalue weighted by molar-refractivity contribution is 0.683. The molecule has 0 atom stereocenters. The van der Waals surface area contributed by atoms with Crippen molar-refractivity contribution >= 4 is 29.9 Å². The molecule has 1 aromatic rings. The number of unbranched alkanes of at least 4 members (excludes halogenated alkanes) is 2. The molecule has 0 radical (unpaired) electrons. The van der Waals surface area contributed by atoms with E-state index in [1.54, 1.807) is 4.68 Å². The van der Waals surface area contributed by atoms with Crippen LogP contribution < -0.4 is 10.6 Å². The topological polar surface area (TPSA) is 54.2 Å². The van der Waals surface area contributed by atoms with Gasteiger partial charge in [0.1, 0.15) is 0 Å². The normalized spacial score (nSPS) is 11.0. The summed E-state index contributed by atoms with van der Waals surface area (Å²) >= 11 is 0. The molecule has 0 fully saturated rings. The first-order valence-corrected chi connectivity index (χ1v) is 6.76. The molecule has 0 saturated heterocycles. The number of nitrogens with one attached hydrogen (secondary N) is 2. The molecule has 0 aromatic carbocycles. The van der Waals surface area contributed by atoms with Crippen molar-refractivity contribution in [3.05, 3.63) is 18.0 Å². The molecular formula is C13H26IN5. The van der Waals surface area contributed by atoms with Crippen LogP contribution in [0.1, 0.15) is 38.7 Å². The first-order valence-electron chi connectivity index (χ1n) is 6.76. The average molecular weight is 379 g/mol. The van der Waals surface area contributed by atoms with Gasteiger partial charge in [0.25, 0.3) is 0 Å². The van der Waals surface area contributed by atoms with Crippen LogP contribution in [0.2, 0.25) is 0 Å². The summed E-state index contributed by atoms with van der Waals surface area (Å²) in [7, 11) is 1.92. The Hall–Kier alpha value is -0.790. The standard InChI is InChI=1S/C13H25N5.HI/c1-4-6-7-8-15-13(14-5-2)16-9-12-10-17-18(3)11-12;/h10-11H,4-9H2,1-3H3,(H2,14,15,16);1H. The third-order valence-electron chi connectivity index (χ3n) is 2.60. The van der Waals surface area contributed by atoms with E-state index in [1.807, 2.05) is 19.4 Å². The highest BCUT2D eigenvalue weighted by atomic mass is 127. The van der Waals surface area contributed by atoms with Crippen molar-refractivity contribution in [1.29, 1.82) is 0 Å². The molecule has 110 valence electrons. The van der Waals surface area contributed by atoms with Crippen LogP contribution >= 0.6 is 24.0 Å². The fourth-order valence-corrected chi connectivity index (χ4v) is 1.65. The average Bonchev–Trinajstić information content (AvgIpc) is 2.77. The Morgan fingerprint density at radius 2 is 2.11 bits per heavy atom. The summed E-state index contributed by atoms with van der Waals surface area (Å²) in [5.41, 5.74) is 1.13. The third-order valence-corrected chi connectivity index (χ3v) is 2.60. The van der Waals surface area contributed by atoms with Gasteiger partial charge in [-0.15, -0.1) is 24.0 Å². The van der Waals surface area contributed by atoms with Gasteiger partial charge in [-0.25, -0.2) is 4.99 Å². The SMILES string of the molecule is CCCCCNC(=NCc1cnn(C)c1)NCC.I. The van der Waals surface area contributed by atoms with E-state index in [2.05, 4.69) is 34.6 Å². The van der Waals surface area contributed by atoms with Crippen molar-refractivity contribution in [3.63, 3.8) is 0 Å². The molecule has 6 heteroatoms. The number of hydrogen-bond donors (Lipinski definition) is 2. The summed E-state index contributed by atoms with van der Waals surface area (Å²) in [5, 5.41) is 10.7. The van der Waals surface area contributed by atoms with Gasteiger partial charge in [-0.1, -0.05) is 19.8 Å². The summed E-state index contributed by atoms with van der Waals surface area (Å²) in [4.78, 5) is 4.54. The number of hydrogen-bond acceptors (Lipinski definition) is 2. The molecule has 0 spiro atoms. The summed E-state index contributed by atoms with van der Waals surface area (Å²) in [5.74, 6) is 0.887. The molecule has 0 aliphatic heterocycles. The number of nitrogens with zero attached hydrogens (tertiary/aromatic N) is 3. The number of rotatable bonds is 7. The number of aliphatic imine (C=N–C) groups is 1. The van der Waals surface area contributed by atoms with E-state index in [0.29, 0.717) is 6.54 Å². The highest BCUT2D eigenvalue weighted by Gasteiger charge is 1.98. The highest BCUT2D eigenvalue weighted by Crippen LogP contribution is 1.98. The van der Waals surface area contributed by atoms with Crippen LogP contribution in [0.5, 0.6) is 0 Å². The highest BCUT2D eigenvalue weighted by molar-refractivity contribution is 14.0. The van der Waals surface area contributed by atoms with E-state index in [9.17, 15) is 0 Å². The molecule has 1 heterocycles. The van der Waals surface area contributed by atoms with E-state index < -0.39 is 0 Å². The fraction of sp³-hybridized carbons (Fsp3) is 0.692. The minimum Gasteiger partial charge on any atom is -0.357 e. The Balaban J connectivity index is 0.00000324. The maximum Gasteiger partial charge on any atom is 0.191 e. The molecular weight excluding hydrogens is 353 g/mol. The lowest BCUT2D eigenvalue weighted by Crippen LogP contribution is -2.37. The summed E-state index contributed by atoms with van der Waals surface area (Å²) in [6.07, 6.45) is 7.53. The zero-order chi connectivity index (χ0) is 13.2. The van der Waals surface area contributed by atoms with E-state index >= 15 is 0 Å². The fourth-order valence-electron chi connectivity index (χ4n) is 1.65. The van der Waals surface area contributed by atoms with Gasteiger partial charge in [0.05, 0.1) is 12.7 Å². The second-order valence-electron chi connectivity index (χ2n) is 4.35. The van der Waals surface area contributed by atoms with Gasteiger partial charge in [0.2, 0.25) is 0 Å². The van der Waals surface area contributed by atoms with Gasteiger partial charge in [-0.3, -0.25) is 4.68 Å². The molecule has 0 saturated carbocycles. The predicted octanol–water partition coefficient (Wildman–Crippen LogP) is 2.28. The molecule has 5 nitrogen and oxygen atoms in total. The minimum atomic E-state index is 0. The third kappa shape index (κ3) is 8.07. The number of aryl methyl sites for hydroxylation is 1. The van der Waals surface area contributed by atoms with Crippen LogP contribution in [0.25, 0.3) is 0 Å². The van der Waals surface area contributed by atoms with Crippen LogP contribution in [0.15, 0.2) is 17.4 Å². The number of halogens is 1. The zero-order valence-electron chi connectivity index (χ0n) is 12.1. The van der Waals surface area contributed by atoms with Gasteiger partial charge in [0.15, 0.2) is 5.96 Å². The second-order valence-corrected chi connectivity index (χ2v) is 4.35. The quantitative estimate of drug-likeness (QED) is 0.331. The maximum atomic E-state index is 4.54. The van der Waals surface area contributed by atoms with Crippen LogP contribution in [-0.4, -0.2) is 28.8 Å². The molecule has 19 heavy (non-hydrogen) atoms. The van der Waals surface area contributed by atoms with Crippen LogP contribution in [0.4, 0.5) is 0 Å². The molecule has 0 unspecified atom stereocenters. The largest absolute Gasteiger partial charge is 0.357 e. The minimum absolute atomic E-state index is 0. The van der Waals surface area contributed by atoms with E-state index in [1.165, 1.54) is 19.3 Å². The number of guanidine groups is 1. The number of aromatic nitrogens is 2. The lowest BCUT2D eigenvalue weighted by Gasteiger charge is -2.10. The molecule has 0 aliphatic carbocycles. The van der Waals surface area contributed by atoms with Crippen molar-refractivity contribution in [2.24, 2.45) is 12.0 Å². The molecule has 2 N–H and O–H groups in total. The Morgan fingerprint density at radius 3 is 2.68 bits per heavy atom. The Bertz CT molecular complexity index is 362. The predicted molar refractivity (Wildman–Crippen MR) is 91.0 cm³/mol. The molecule has 0 amide bonds. The summed E-state index contributed by atoms with van der Waals surface area (Å²) in [6, 6.07) is 0. The molecule has 1 aromatic heterocycles. The van der Waals surface area contributed by atoms with Crippen LogP contribution in [0.3, 0.4) is 0 Å². The van der Waals surface area contributed by atoms with Crippen molar-refractivity contribution in [2.75, 3.05) is 13.1 Å². The second kappa shape index (κ2) is 11.1. The van der Waals surface area contributed by atoms with Crippen LogP contribution in [0, 0.1) is 0 Å². The first kappa shape index (κ1) is 18.2. The molecule has 0 bridgehead atoms. The van der Waals surface area contributed by atoms with Gasteiger partial charge < -0.3 is 10.6 Å². The van der Waals surface area contributed by atoms with Crippen LogP contribution in [-0.2, 0) is 13.6 Å².